The van der Waals surface area contributed by atoms with Crippen LogP contribution < -0.4 is 5.46 Å². The zero-order valence-electron chi connectivity index (χ0n) is 12.1. The van der Waals surface area contributed by atoms with Crippen molar-refractivity contribution in [3.63, 3.8) is 0 Å². The highest BCUT2D eigenvalue weighted by molar-refractivity contribution is 6.65. The summed E-state index contributed by atoms with van der Waals surface area (Å²) in [5.74, 6) is 0. The van der Waals surface area contributed by atoms with Gasteiger partial charge < -0.3 is 13.9 Å². The summed E-state index contributed by atoms with van der Waals surface area (Å²) in [6.45, 7) is 8.24. The molecule has 0 unspecified atom stereocenters. The molecule has 0 spiro atoms. The average molecular weight is 258 g/mol. The van der Waals surface area contributed by atoms with Gasteiger partial charge in [-0.3, -0.25) is 4.98 Å². The normalized spacial score (nSPS) is 21.2. The number of aryl methyl sites for hydroxylation is 1. The van der Waals surface area contributed by atoms with Crippen LogP contribution in [0.15, 0.2) is 24.7 Å². The minimum absolute atomic E-state index is 0.325. The van der Waals surface area contributed by atoms with Crippen LogP contribution >= 0.6 is 0 Å². The summed E-state index contributed by atoms with van der Waals surface area (Å²) < 4.78 is 14.2. The lowest BCUT2D eigenvalue weighted by molar-refractivity contribution is 0.00578. The Morgan fingerprint density at radius 2 is 1.74 bits per heavy atom. The molecule has 0 aromatic carbocycles. The van der Waals surface area contributed by atoms with Crippen molar-refractivity contribution in [3.05, 3.63) is 24.7 Å². The fourth-order valence-corrected chi connectivity index (χ4v) is 2.36. The molecule has 4 nitrogen and oxygen atoms in total. The lowest BCUT2D eigenvalue weighted by atomic mass is 9.78. The average Bonchev–Trinajstić information content (AvgIpc) is 2.78. The number of hydrogen-bond donors (Lipinski definition) is 0. The van der Waals surface area contributed by atoms with E-state index in [-0.39, 0.29) is 18.3 Å². The molecule has 3 heterocycles. The van der Waals surface area contributed by atoms with Gasteiger partial charge in [-0.25, -0.2) is 0 Å². The smallest absolute Gasteiger partial charge is 0.399 e. The Balaban J connectivity index is 2.07. The Kier molecular flexibility index (Phi) is 2.56. The van der Waals surface area contributed by atoms with Gasteiger partial charge in [-0.15, -0.1) is 0 Å². The molecule has 3 rings (SSSR count). The first-order valence-corrected chi connectivity index (χ1v) is 6.56. The molecule has 2 aromatic rings. The Morgan fingerprint density at radius 1 is 1.11 bits per heavy atom. The Hall–Kier alpha value is -1.33. The van der Waals surface area contributed by atoms with Crippen molar-refractivity contribution < 1.29 is 9.31 Å². The van der Waals surface area contributed by atoms with Crippen LogP contribution in [0.3, 0.4) is 0 Å². The minimum Gasteiger partial charge on any atom is -0.399 e. The maximum absolute atomic E-state index is 6.10. The van der Waals surface area contributed by atoms with E-state index < -0.39 is 0 Å². The second-order valence-corrected chi connectivity index (χ2v) is 6.18. The summed E-state index contributed by atoms with van der Waals surface area (Å²) >= 11 is 0. The first-order valence-electron chi connectivity index (χ1n) is 6.56. The van der Waals surface area contributed by atoms with Crippen molar-refractivity contribution in [2.24, 2.45) is 7.05 Å². The largest absolute Gasteiger partial charge is 0.497 e. The van der Waals surface area contributed by atoms with Crippen molar-refractivity contribution in [1.29, 1.82) is 0 Å². The number of hydrogen-bond acceptors (Lipinski definition) is 3. The highest BCUT2D eigenvalue weighted by Gasteiger charge is 2.52. The maximum atomic E-state index is 6.10. The Bertz CT molecular complexity index is 617. The van der Waals surface area contributed by atoms with Gasteiger partial charge in [-0.1, -0.05) is 0 Å². The summed E-state index contributed by atoms with van der Waals surface area (Å²) in [4.78, 5) is 4.31. The fraction of sp³-hybridized carbons (Fsp3) is 0.500. The summed E-state index contributed by atoms with van der Waals surface area (Å²) in [5.41, 5.74) is 1.44. The number of pyridine rings is 1. The molecule has 2 aromatic heterocycles. The lowest BCUT2D eigenvalue weighted by Gasteiger charge is -2.32. The molecule has 0 radical (unpaired) electrons. The van der Waals surface area contributed by atoms with Gasteiger partial charge in [0.05, 0.1) is 22.9 Å². The number of nitrogens with zero attached hydrogens (tertiary/aromatic N) is 2. The lowest BCUT2D eigenvalue weighted by Crippen LogP contribution is -2.41. The number of rotatable bonds is 1. The van der Waals surface area contributed by atoms with E-state index in [9.17, 15) is 0 Å². The van der Waals surface area contributed by atoms with Gasteiger partial charge in [0.15, 0.2) is 0 Å². The summed E-state index contributed by atoms with van der Waals surface area (Å²) in [6, 6.07) is 2.08. The topological polar surface area (TPSA) is 36.3 Å². The van der Waals surface area contributed by atoms with Gasteiger partial charge in [0.1, 0.15) is 0 Å². The second-order valence-electron chi connectivity index (χ2n) is 6.18. The minimum atomic E-state index is -0.358. The molecule has 1 aliphatic heterocycles. The molecule has 0 N–H and O–H groups in total. The highest BCUT2D eigenvalue weighted by atomic mass is 16.7. The van der Waals surface area contributed by atoms with E-state index in [4.69, 9.17) is 9.31 Å². The van der Waals surface area contributed by atoms with E-state index in [2.05, 4.69) is 43.3 Å². The molecule has 0 amide bonds. The Morgan fingerprint density at radius 3 is 2.37 bits per heavy atom. The van der Waals surface area contributed by atoms with Crippen LogP contribution in [0.2, 0.25) is 0 Å². The van der Waals surface area contributed by atoms with Gasteiger partial charge in [-0.05, 0) is 33.8 Å². The van der Waals surface area contributed by atoms with Crippen LogP contribution in [0.4, 0.5) is 0 Å². The third-order valence-electron chi connectivity index (χ3n) is 4.35. The van der Waals surface area contributed by atoms with Crippen molar-refractivity contribution in [2.45, 2.75) is 38.9 Å². The van der Waals surface area contributed by atoms with Crippen molar-refractivity contribution in [3.8, 4) is 0 Å². The van der Waals surface area contributed by atoms with E-state index in [1.54, 1.807) is 0 Å². The number of fused-ring (bicyclic) bond motifs is 1. The molecular formula is C14H19BN2O2. The van der Waals surface area contributed by atoms with Crippen molar-refractivity contribution in [2.75, 3.05) is 0 Å². The fourth-order valence-electron chi connectivity index (χ4n) is 2.36. The van der Waals surface area contributed by atoms with Crippen LogP contribution in [0, 0.1) is 0 Å². The van der Waals surface area contributed by atoms with Crippen LogP contribution in [-0.2, 0) is 16.4 Å². The van der Waals surface area contributed by atoms with Gasteiger partial charge in [0, 0.05) is 30.3 Å². The molecule has 1 fully saturated rings. The van der Waals surface area contributed by atoms with Gasteiger partial charge in [0.2, 0.25) is 0 Å². The molecule has 100 valence electrons. The quantitative estimate of drug-likeness (QED) is 0.733. The standard InChI is InChI=1S/C14H19BN2O2/c1-13(2)14(3,4)19-15(18-13)11-8-16-9-12-10(11)6-7-17(12)5/h6-9H,1-5H3. The van der Waals surface area contributed by atoms with Gasteiger partial charge in [-0.2, -0.15) is 0 Å². The summed E-state index contributed by atoms with van der Waals surface area (Å²) in [7, 11) is 1.65. The molecule has 1 aliphatic rings. The molecule has 0 saturated carbocycles. The zero-order chi connectivity index (χ0) is 13.8. The predicted octanol–water partition coefficient (Wildman–Crippen LogP) is 1.87. The van der Waals surface area contributed by atoms with Crippen LogP contribution in [0.1, 0.15) is 27.7 Å². The molecule has 0 atom stereocenters. The molecule has 19 heavy (non-hydrogen) atoms. The molecule has 0 aliphatic carbocycles. The van der Waals surface area contributed by atoms with Gasteiger partial charge >= 0.3 is 7.12 Å². The Labute approximate surface area is 113 Å². The summed E-state index contributed by atoms with van der Waals surface area (Å²) in [5, 5.41) is 1.14. The van der Waals surface area contributed by atoms with E-state index in [1.807, 2.05) is 25.6 Å². The van der Waals surface area contributed by atoms with E-state index in [1.165, 1.54) is 0 Å². The van der Waals surface area contributed by atoms with Crippen LogP contribution in [0.25, 0.3) is 10.9 Å². The van der Waals surface area contributed by atoms with Crippen molar-refractivity contribution >= 4 is 23.5 Å². The molecular weight excluding hydrogens is 239 g/mol. The van der Waals surface area contributed by atoms with Crippen molar-refractivity contribution in [1.82, 2.24) is 9.55 Å². The summed E-state index contributed by atoms with van der Waals surface area (Å²) in [6.07, 6.45) is 5.73. The maximum Gasteiger partial charge on any atom is 0.497 e. The third kappa shape index (κ3) is 1.80. The second kappa shape index (κ2) is 3.84. The molecule has 5 heteroatoms. The van der Waals surface area contributed by atoms with E-state index in [0.29, 0.717) is 0 Å². The third-order valence-corrected chi connectivity index (χ3v) is 4.35. The first-order chi connectivity index (χ1) is 8.82. The van der Waals surface area contributed by atoms with Gasteiger partial charge in [0.25, 0.3) is 0 Å². The SMILES string of the molecule is Cn1ccc2c(B3OC(C)(C)C(C)(C)O3)cncc21. The highest BCUT2D eigenvalue weighted by Crippen LogP contribution is 2.36. The van der Waals surface area contributed by atoms with E-state index in [0.717, 1.165) is 16.4 Å². The van der Waals surface area contributed by atoms with E-state index >= 15 is 0 Å². The monoisotopic (exact) mass is 258 g/mol. The van der Waals surface area contributed by atoms with Crippen LogP contribution in [0.5, 0.6) is 0 Å². The zero-order valence-corrected chi connectivity index (χ0v) is 12.1. The van der Waals surface area contributed by atoms with Crippen LogP contribution in [-0.4, -0.2) is 27.9 Å². The molecule has 1 saturated heterocycles. The molecule has 0 bridgehead atoms. The predicted molar refractivity (Wildman–Crippen MR) is 76.4 cm³/mol. The first kappa shape index (κ1) is 12.7. The number of aromatic nitrogens is 2.